The number of rotatable bonds is 3. The molecular formula is C13H25NO2. The highest BCUT2D eigenvalue weighted by atomic mass is 16.5. The summed E-state index contributed by atoms with van der Waals surface area (Å²) in [7, 11) is 0. The summed E-state index contributed by atoms with van der Waals surface area (Å²) in [5.41, 5.74) is 6.01. The first kappa shape index (κ1) is 13.5. The lowest BCUT2D eigenvalue weighted by Crippen LogP contribution is -2.49. The van der Waals surface area contributed by atoms with E-state index in [0.29, 0.717) is 12.5 Å². The van der Waals surface area contributed by atoms with Crippen LogP contribution < -0.4 is 5.73 Å². The second-order valence-corrected chi connectivity index (χ2v) is 5.57. The van der Waals surface area contributed by atoms with E-state index in [0.717, 1.165) is 19.3 Å². The van der Waals surface area contributed by atoms with Crippen LogP contribution in [0.5, 0.6) is 0 Å². The Morgan fingerprint density at radius 1 is 1.44 bits per heavy atom. The number of carbonyl (C=O) groups excluding carboxylic acids is 1. The van der Waals surface area contributed by atoms with Crippen molar-refractivity contribution in [3.63, 3.8) is 0 Å². The van der Waals surface area contributed by atoms with Gasteiger partial charge in [-0.15, -0.1) is 0 Å². The lowest BCUT2D eigenvalue weighted by Gasteiger charge is -2.45. The van der Waals surface area contributed by atoms with Crippen molar-refractivity contribution < 1.29 is 9.53 Å². The molecule has 3 unspecified atom stereocenters. The molecule has 3 atom stereocenters. The number of hydrogen-bond donors (Lipinski definition) is 1. The van der Waals surface area contributed by atoms with Gasteiger partial charge in [-0.05, 0) is 30.6 Å². The van der Waals surface area contributed by atoms with Crippen molar-refractivity contribution in [2.24, 2.45) is 23.0 Å². The van der Waals surface area contributed by atoms with Gasteiger partial charge in [-0.2, -0.15) is 0 Å². The predicted molar refractivity (Wildman–Crippen MR) is 64.9 cm³/mol. The maximum Gasteiger partial charge on any atom is 0.309 e. The Hall–Kier alpha value is -0.570. The summed E-state index contributed by atoms with van der Waals surface area (Å²) in [4.78, 5) is 12.0. The van der Waals surface area contributed by atoms with E-state index in [1.165, 1.54) is 0 Å². The molecule has 1 saturated carbocycles. The average Bonchev–Trinajstić information content (AvgIpc) is 2.23. The molecule has 0 heterocycles. The second kappa shape index (κ2) is 5.17. The summed E-state index contributed by atoms with van der Waals surface area (Å²) in [5.74, 6) is 0.333. The first-order valence-corrected chi connectivity index (χ1v) is 6.33. The number of ether oxygens (including phenoxy) is 1. The van der Waals surface area contributed by atoms with Crippen LogP contribution in [-0.2, 0) is 9.53 Å². The molecule has 1 fully saturated rings. The molecular weight excluding hydrogens is 202 g/mol. The van der Waals surface area contributed by atoms with Gasteiger partial charge < -0.3 is 10.5 Å². The van der Waals surface area contributed by atoms with E-state index in [-0.39, 0.29) is 23.3 Å². The van der Waals surface area contributed by atoms with E-state index < -0.39 is 0 Å². The van der Waals surface area contributed by atoms with Crippen LogP contribution in [0.3, 0.4) is 0 Å². The summed E-state index contributed by atoms with van der Waals surface area (Å²) in [6.45, 7) is 8.96. The maximum atomic E-state index is 12.0. The lowest BCUT2D eigenvalue weighted by molar-refractivity contribution is -0.157. The molecule has 0 aromatic carbocycles. The Morgan fingerprint density at radius 2 is 2.06 bits per heavy atom. The molecule has 1 rings (SSSR count). The molecule has 0 aromatic heterocycles. The van der Waals surface area contributed by atoms with Crippen molar-refractivity contribution >= 4 is 5.97 Å². The van der Waals surface area contributed by atoms with Crippen LogP contribution in [0.15, 0.2) is 0 Å². The molecule has 1 aliphatic rings. The van der Waals surface area contributed by atoms with Gasteiger partial charge in [0.05, 0.1) is 12.5 Å². The largest absolute Gasteiger partial charge is 0.465 e. The quantitative estimate of drug-likeness (QED) is 0.753. The minimum Gasteiger partial charge on any atom is -0.465 e. The fraction of sp³-hybridized carbons (Fsp3) is 0.923. The first-order chi connectivity index (χ1) is 7.41. The Kier molecular flexibility index (Phi) is 4.36. The van der Waals surface area contributed by atoms with Crippen LogP contribution >= 0.6 is 0 Å². The number of hydrogen-bond acceptors (Lipinski definition) is 3. The van der Waals surface area contributed by atoms with E-state index in [1.54, 1.807) is 0 Å². The zero-order chi connectivity index (χ0) is 12.3. The van der Waals surface area contributed by atoms with Crippen molar-refractivity contribution in [2.75, 3.05) is 6.61 Å². The molecule has 3 nitrogen and oxygen atoms in total. The molecule has 0 saturated heterocycles. The molecule has 0 bridgehead atoms. The summed E-state index contributed by atoms with van der Waals surface area (Å²) in [6.07, 6.45) is 2.67. The van der Waals surface area contributed by atoms with E-state index >= 15 is 0 Å². The highest BCUT2D eigenvalue weighted by Gasteiger charge is 2.45. The average molecular weight is 227 g/mol. The van der Waals surface area contributed by atoms with Crippen LogP contribution in [0, 0.1) is 17.3 Å². The molecule has 16 heavy (non-hydrogen) atoms. The van der Waals surface area contributed by atoms with Crippen LogP contribution in [0.1, 0.15) is 47.0 Å². The van der Waals surface area contributed by atoms with E-state index in [2.05, 4.69) is 20.8 Å². The highest BCUT2D eigenvalue weighted by Crippen LogP contribution is 2.44. The number of carbonyl (C=O) groups is 1. The molecule has 0 radical (unpaired) electrons. The zero-order valence-electron chi connectivity index (χ0n) is 11.0. The van der Waals surface area contributed by atoms with Crippen molar-refractivity contribution in [1.29, 1.82) is 0 Å². The van der Waals surface area contributed by atoms with E-state index in [9.17, 15) is 4.79 Å². The highest BCUT2D eigenvalue weighted by molar-refractivity contribution is 5.73. The number of nitrogens with two attached hydrogens (primary N) is 1. The van der Waals surface area contributed by atoms with Gasteiger partial charge in [0, 0.05) is 6.04 Å². The maximum absolute atomic E-state index is 12.0. The molecule has 3 heteroatoms. The summed E-state index contributed by atoms with van der Waals surface area (Å²) < 4.78 is 5.27. The van der Waals surface area contributed by atoms with E-state index in [4.69, 9.17) is 10.5 Å². The normalized spacial score (nSPS) is 33.4. The monoisotopic (exact) mass is 227 g/mol. The standard InChI is InChI=1S/C13H25NO2/c1-5-8-16-12(15)10-6-7-11(14)9(2)13(10,3)4/h9-11H,5-8,14H2,1-4H3. The Morgan fingerprint density at radius 3 is 2.62 bits per heavy atom. The fourth-order valence-electron chi connectivity index (χ4n) is 2.58. The third kappa shape index (κ3) is 2.57. The summed E-state index contributed by atoms with van der Waals surface area (Å²) >= 11 is 0. The molecule has 94 valence electrons. The zero-order valence-corrected chi connectivity index (χ0v) is 11.0. The molecule has 0 spiro atoms. The smallest absolute Gasteiger partial charge is 0.309 e. The van der Waals surface area contributed by atoms with Gasteiger partial charge in [-0.25, -0.2) is 0 Å². The SMILES string of the molecule is CCCOC(=O)C1CCC(N)C(C)C1(C)C. The van der Waals surface area contributed by atoms with Crippen LogP contribution in [0.2, 0.25) is 0 Å². The fourth-order valence-corrected chi connectivity index (χ4v) is 2.58. The van der Waals surface area contributed by atoms with Crippen LogP contribution in [0.25, 0.3) is 0 Å². The van der Waals surface area contributed by atoms with Gasteiger partial charge >= 0.3 is 5.97 Å². The van der Waals surface area contributed by atoms with Gasteiger partial charge in [0.2, 0.25) is 0 Å². The van der Waals surface area contributed by atoms with Gasteiger partial charge in [-0.3, -0.25) is 4.79 Å². The van der Waals surface area contributed by atoms with Crippen molar-refractivity contribution in [3.8, 4) is 0 Å². The molecule has 1 aliphatic carbocycles. The minimum absolute atomic E-state index is 0.00819. The minimum atomic E-state index is -0.0531. The van der Waals surface area contributed by atoms with Crippen molar-refractivity contribution in [2.45, 2.75) is 53.0 Å². The molecule has 2 N–H and O–H groups in total. The van der Waals surface area contributed by atoms with Gasteiger partial charge in [-0.1, -0.05) is 27.7 Å². The third-order valence-electron chi connectivity index (χ3n) is 4.24. The van der Waals surface area contributed by atoms with Crippen LogP contribution in [-0.4, -0.2) is 18.6 Å². The summed E-state index contributed by atoms with van der Waals surface area (Å²) in [6, 6.07) is 0.213. The van der Waals surface area contributed by atoms with Crippen molar-refractivity contribution in [1.82, 2.24) is 0 Å². The van der Waals surface area contributed by atoms with Gasteiger partial charge in [0.15, 0.2) is 0 Å². The topological polar surface area (TPSA) is 52.3 Å². The Bertz CT molecular complexity index is 250. The first-order valence-electron chi connectivity index (χ1n) is 6.33. The second-order valence-electron chi connectivity index (χ2n) is 5.57. The molecule has 0 aromatic rings. The van der Waals surface area contributed by atoms with Gasteiger partial charge in [0.1, 0.15) is 0 Å². The van der Waals surface area contributed by atoms with E-state index in [1.807, 2.05) is 6.92 Å². The third-order valence-corrected chi connectivity index (χ3v) is 4.24. The van der Waals surface area contributed by atoms with Crippen LogP contribution in [0.4, 0.5) is 0 Å². The Labute approximate surface area is 98.7 Å². The predicted octanol–water partition coefficient (Wildman–Crippen LogP) is 2.34. The molecule has 0 amide bonds. The van der Waals surface area contributed by atoms with Crippen molar-refractivity contribution in [3.05, 3.63) is 0 Å². The van der Waals surface area contributed by atoms with Gasteiger partial charge in [0.25, 0.3) is 0 Å². The Balaban J connectivity index is 2.69. The summed E-state index contributed by atoms with van der Waals surface area (Å²) in [5, 5.41) is 0. The number of esters is 1. The lowest BCUT2D eigenvalue weighted by atomic mass is 9.61. The molecule has 0 aliphatic heterocycles.